The molecule has 1 saturated heterocycles. The van der Waals surface area contributed by atoms with Gasteiger partial charge in [0, 0.05) is 0 Å². The molecule has 1 fully saturated rings. The molecule has 8 heteroatoms. The third kappa shape index (κ3) is 9.31. The molecule has 236 valence electrons. The molecule has 8 nitrogen and oxygen atoms in total. The average Bonchev–Trinajstić information content (AvgIpc) is 3.08. The Bertz CT molecular complexity index is 1420. The number of esters is 1. The van der Waals surface area contributed by atoms with Crippen molar-refractivity contribution in [3.63, 3.8) is 0 Å². The Labute approximate surface area is 264 Å². The number of benzene rings is 4. The summed E-state index contributed by atoms with van der Waals surface area (Å²) >= 11 is 0. The van der Waals surface area contributed by atoms with Gasteiger partial charge < -0.3 is 33.5 Å². The van der Waals surface area contributed by atoms with Gasteiger partial charge in [0.2, 0.25) is 5.79 Å². The van der Waals surface area contributed by atoms with Gasteiger partial charge in [-0.05, 0) is 22.3 Å². The monoisotopic (exact) mass is 612 g/mol. The number of ether oxygens (including phenoxy) is 6. The van der Waals surface area contributed by atoms with Crippen molar-refractivity contribution in [2.24, 2.45) is 0 Å². The number of carbonyl (C=O) groups is 1. The fourth-order valence-corrected chi connectivity index (χ4v) is 5.36. The predicted molar refractivity (Wildman–Crippen MR) is 168 cm³/mol. The van der Waals surface area contributed by atoms with E-state index in [1.165, 1.54) is 7.11 Å². The predicted octanol–water partition coefficient (Wildman–Crippen LogP) is 5.61. The van der Waals surface area contributed by atoms with Crippen LogP contribution in [0.25, 0.3) is 0 Å². The second kappa shape index (κ2) is 16.4. The standard InChI is InChI=1S/C37H40O8/c1-40-33(38)22-37(39)36(44-26-31-20-12-5-13-21-31)35(43-25-30-18-10-4-11-19-30)34(42-24-29-16-8-3-9-17-29)32(45-37)27-41-23-28-14-6-2-7-15-28/h2-21,32,34-36,39H,22-27H2,1H3/t32-,34-,35+,36-,37-/m1/s1. The van der Waals surface area contributed by atoms with Crippen LogP contribution in [-0.2, 0) is 59.6 Å². The van der Waals surface area contributed by atoms with Crippen LogP contribution in [0.1, 0.15) is 28.7 Å². The molecule has 4 aromatic rings. The summed E-state index contributed by atoms with van der Waals surface area (Å²) in [4.78, 5) is 12.7. The number of rotatable bonds is 15. The van der Waals surface area contributed by atoms with Crippen molar-refractivity contribution in [3.8, 4) is 0 Å². The summed E-state index contributed by atoms with van der Waals surface area (Å²) in [5.41, 5.74) is 3.76. The van der Waals surface area contributed by atoms with Gasteiger partial charge >= 0.3 is 5.97 Å². The summed E-state index contributed by atoms with van der Waals surface area (Å²) in [6.45, 7) is 1.01. The summed E-state index contributed by atoms with van der Waals surface area (Å²) in [5.74, 6) is -2.75. The van der Waals surface area contributed by atoms with E-state index >= 15 is 0 Å². The van der Waals surface area contributed by atoms with E-state index in [1.54, 1.807) is 0 Å². The third-order valence-corrected chi connectivity index (χ3v) is 7.65. The fourth-order valence-electron chi connectivity index (χ4n) is 5.36. The highest BCUT2D eigenvalue weighted by Crippen LogP contribution is 2.38. The van der Waals surface area contributed by atoms with Crippen LogP contribution in [0, 0.1) is 0 Å². The lowest BCUT2D eigenvalue weighted by Crippen LogP contribution is -2.67. The molecule has 0 bridgehead atoms. The van der Waals surface area contributed by atoms with Crippen LogP contribution >= 0.6 is 0 Å². The Balaban J connectivity index is 1.47. The molecule has 4 aromatic carbocycles. The molecule has 0 spiro atoms. The van der Waals surface area contributed by atoms with Gasteiger partial charge in [0.15, 0.2) is 0 Å². The first-order chi connectivity index (χ1) is 22.0. The van der Waals surface area contributed by atoms with Crippen LogP contribution in [0.3, 0.4) is 0 Å². The topological polar surface area (TPSA) is 92.7 Å². The molecule has 0 unspecified atom stereocenters. The van der Waals surface area contributed by atoms with E-state index in [1.807, 2.05) is 121 Å². The van der Waals surface area contributed by atoms with E-state index in [4.69, 9.17) is 28.4 Å². The lowest BCUT2D eigenvalue weighted by Gasteiger charge is -2.50. The van der Waals surface area contributed by atoms with E-state index in [0.717, 1.165) is 22.3 Å². The molecule has 0 saturated carbocycles. The maximum absolute atomic E-state index is 12.7. The van der Waals surface area contributed by atoms with Crippen molar-refractivity contribution < 1.29 is 38.3 Å². The van der Waals surface area contributed by atoms with Crippen LogP contribution in [0.15, 0.2) is 121 Å². The number of hydrogen-bond acceptors (Lipinski definition) is 8. The SMILES string of the molecule is COC(=O)C[C@@]1(O)O[C@H](COCc2ccccc2)[C@@H](OCc2ccccc2)[C@H](OCc2ccccc2)[C@H]1OCc1ccccc1. The third-order valence-electron chi connectivity index (χ3n) is 7.65. The van der Waals surface area contributed by atoms with Crippen molar-refractivity contribution in [2.45, 2.75) is 63.1 Å². The van der Waals surface area contributed by atoms with Gasteiger partial charge in [0.05, 0.1) is 40.1 Å². The van der Waals surface area contributed by atoms with Gasteiger partial charge in [-0.3, -0.25) is 4.79 Å². The van der Waals surface area contributed by atoms with Crippen LogP contribution < -0.4 is 0 Å². The van der Waals surface area contributed by atoms with Crippen molar-refractivity contribution in [2.75, 3.05) is 13.7 Å². The van der Waals surface area contributed by atoms with Crippen LogP contribution in [0.5, 0.6) is 0 Å². The molecule has 0 amide bonds. The molecule has 5 rings (SSSR count). The molecular weight excluding hydrogens is 572 g/mol. The first-order valence-corrected chi connectivity index (χ1v) is 15.1. The maximum atomic E-state index is 12.7. The van der Waals surface area contributed by atoms with Gasteiger partial charge in [0.25, 0.3) is 0 Å². The highest BCUT2D eigenvalue weighted by Gasteiger charge is 2.57. The Morgan fingerprint density at radius 1 is 0.644 bits per heavy atom. The second-order valence-corrected chi connectivity index (χ2v) is 11.0. The second-order valence-electron chi connectivity index (χ2n) is 11.0. The molecule has 1 heterocycles. The highest BCUT2D eigenvalue weighted by atomic mass is 16.7. The van der Waals surface area contributed by atoms with E-state index in [-0.39, 0.29) is 26.4 Å². The highest BCUT2D eigenvalue weighted by molar-refractivity contribution is 5.70. The van der Waals surface area contributed by atoms with Crippen molar-refractivity contribution >= 4 is 5.97 Å². The van der Waals surface area contributed by atoms with Crippen molar-refractivity contribution in [1.29, 1.82) is 0 Å². The summed E-state index contributed by atoms with van der Waals surface area (Å²) in [7, 11) is 1.27. The van der Waals surface area contributed by atoms with Crippen LogP contribution in [0.2, 0.25) is 0 Å². The van der Waals surface area contributed by atoms with Crippen LogP contribution in [-0.4, -0.2) is 55.0 Å². The summed E-state index contributed by atoms with van der Waals surface area (Å²) < 4.78 is 37.0. The summed E-state index contributed by atoms with van der Waals surface area (Å²) in [6, 6.07) is 38.9. The molecule has 1 N–H and O–H groups in total. The van der Waals surface area contributed by atoms with E-state index < -0.39 is 42.6 Å². The average molecular weight is 613 g/mol. The number of aliphatic hydroxyl groups is 1. The first kappa shape index (κ1) is 32.5. The maximum Gasteiger partial charge on any atom is 0.311 e. The van der Waals surface area contributed by atoms with Gasteiger partial charge in [-0.15, -0.1) is 0 Å². The number of hydrogen-bond donors (Lipinski definition) is 1. The number of methoxy groups -OCH3 is 1. The molecule has 45 heavy (non-hydrogen) atoms. The molecule has 5 atom stereocenters. The largest absolute Gasteiger partial charge is 0.469 e. The lowest BCUT2D eigenvalue weighted by atomic mass is 9.89. The fraction of sp³-hybridized carbons (Fsp3) is 0.324. The first-order valence-electron chi connectivity index (χ1n) is 15.1. The zero-order valence-electron chi connectivity index (χ0n) is 25.4. The lowest BCUT2D eigenvalue weighted by molar-refractivity contribution is -0.370. The molecule has 0 radical (unpaired) electrons. The van der Waals surface area contributed by atoms with E-state index in [9.17, 15) is 9.90 Å². The Hall–Kier alpha value is -3.89. The van der Waals surface area contributed by atoms with Gasteiger partial charge in [-0.1, -0.05) is 121 Å². The quantitative estimate of drug-likeness (QED) is 0.173. The zero-order chi connectivity index (χ0) is 31.3. The minimum absolute atomic E-state index is 0.0639. The molecule has 0 aromatic heterocycles. The molecule has 0 aliphatic carbocycles. The Kier molecular flexibility index (Phi) is 11.9. The zero-order valence-corrected chi connectivity index (χ0v) is 25.4. The van der Waals surface area contributed by atoms with Crippen LogP contribution in [0.4, 0.5) is 0 Å². The van der Waals surface area contributed by atoms with Crippen molar-refractivity contribution in [3.05, 3.63) is 144 Å². The van der Waals surface area contributed by atoms with Gasteiger partial charge in [-0.25, -0.2) is 0 Å². The Morgan fingerprint density at radius 3 is 1.53 bits per heavy atom. The molecular formula is C37H40O8. The van der Waals surface area contributed by atoms with E-state index in [2.05, 4.69) is 0 Å². The molecule has 1 aliphatic heterocycles. The normalized spacial score (nSPS) is 23.0. The summed E-state index contributed by atoms with van der Waals surface area (Å²) in [6.07, 6.45) is -4.00. The number of carbonyl (C=O) groups excluding carboxylic acids is 1. The van der Waals surface area contributed by atoms with Gasteiger partial charge in [0.1, 0.15) is 30.8 Å². The minimum Gasteiger partial charge on any atom is -0.469 e. The Morgan fingerprint density at radius 2 is 1.07 bits per heavy atom. The smallest absolute Gasteiger partial charge is 0.311 e. The van der Waals surface area contributed by atoms with Gasteiger partial charge in [-0.2, -0.15) is 0 Å². The molecule has 1 aliphatic rings. The van der Waals surface area contributed by atoms with Crippen molar-refractivity contribution in [1.82, 2.24) is 0 Å². The minimum atomic E-state index is -2.10. The summed E-state index contributed by atoms with van der Waals surface area (Å²) in [5, 5.41) is 12.1. The van der Waals surface area contributed by atoms with E-state index in [0.29, 0.717) is 6.61 Å².